The van der Waals surface area contributed by atoms with Crippen molar-refractivity contribution < 1.29 is 24.0 Å². The van der Waals surface area contributed by atoms with E-state index in [0.717, 1.165) is 50.7 Å². The second-order valence-corrected chi connectivity index (χ2v) is 11.6. The molecule has 1 heterocycles. The molecule has 7 heteroatoms. The van der Waals surface area contributed by atoms with E-state index < -0.39 is 5.60 Å². The molecule has 0 saturated heterocycles. The lowest BCUT2D eigenvalue weighted by Gasteiger charge is -2.59. The fourth-order valence-corrected chi connectivity index (χ4v) is 8.06. The van der Waals surface area contributed by atoms with Crippen molar-refractivity contribution in [3.05, 3.63) is 35.8 Å². The zero-order chi connectivity index (χ0) is 24.8. The predicted octanol–water partition coefficient (Wildman–Crippen LogP) is 4.55. The summed E-state index contributed by atoms with van der Waals surface area (Å²) < 4.78 is 5.21. The first kappa shape index (κ1) is 24.3. The molecule has 0 bridgehead atoms. The zero-order valence-corrected chi connectivity index (χ0v) is 21.1. The fourth-order valence-electron chi connectivity index (χ4n) is 8.06. The number of Topliss-reactive ketones (excluding diaryl/α,β-unsaturated/α-hetero) is 1. The Morgan fingerprint density at radius 2 is 1.97 bits per heavy atom. The molecule has 1 aromatic heterocycles. The number of fused-ring (bicyclic) bond motifs is 5. The van der Waals surface area contributed by atoms with E-state index in [9.17, 15) is 14.7 Å². The van der Waals surface area contributed by atoms with Crippen LogP contribution in [0.1, 0.15) is 77.9 Å². The van der Waals surface area contributed by atoms with E-state index >= 15 is 0 Å². The van der Waals surface area contributed by atoms with Crippen molar-refractivity contribution in [3.63, 3.8) is 0 Å². The molecule has 0 spiro atoms. The SMILES string of the molecule is CC(=O)[C@@]1(O)CC[C@H]2[C@@H]3CCC4=C/C(=N\OCC(=O)NCc5ccco5)CC[C@]4(C)[C@H]3CC[C@@]21C. The Labute approximate surface area is 207 Å². The van der Waals surface area contributed by atoms with E-state index in [-0.39, 0.29) is 29.1 Å². The number of nitrogens with one attached hydrogen (secondary N) is 1. The van der Waals surface area contributed by atoms with Crippen molar-refractivity contribution in [2.45, 2.75) is 84.3 Å². The number of ketones is 1. The van der Waals surface area contributed by atoms with Gasteiger partial charge in [0, 0.05) is 5.41 Å². The normalized spacial score (nSPS) is 39.3. The van der Waals surface area contributed by atoms with E-state index in [2.05, 4.69) is 30.4 Å². The van der Waals surface area contributed by atoms with Gasteiger partial charge in [-0.05, 0) is 99.7 Å². The van der Waals surface area contributed by atoms with Gasteiger partial charge in [-0.2, -0.15) is 0 Å². The van der Waals surface area contributed by atoms with Crippen LogP contribution >= 0.6 is 0 Å². The Balaban J connectivity index is 1.23. The highest BCUT2D eigenvalue weighted by atomic mass is 16.6. The molecular weight excluding hydrogens is 444 g/mol. The van der Waals surface area contributed by atoms with Crippen molar-refractivity contribution >= 4 is 17.4 Å². The summed E-state index contributed by atoms with van der Waals surface area (Å²) in [6.07, 6.45) is 11.3. The predicted molar refractivity (Wildman–Crippen MR) is 131 cm³/mol. The lowest BCUT2D eigenvalue weighted by atomic mass is 9.46. The summed E-state index contributed by atoms with van der Waals surface area (Å²) in [6.45, 7) is 6.36. The standard InChI is InChI=1S/C28H38N2O5/c1-18(31)28(33)13-10-24-22-7-6-19-15-20(8-11-26(19,2)23(22)9-12-27(24,28)3)30-35-17-25(32)29-16-21-5-4-14-34-21/h4-5,14-15,22-24,33H,6-13,16-17H2,1-3H3,(H,29,32)/b30-20-/t22-,23+,24+,26+,27+,28+/m1/s1. The first-order chi connectivity index (χ1) is 16.7. The van der Waals surface area contributed by atoms with Crippen LogP contribution in [0.25, 0.3) is 0 Å². The lowest BCUT2D eigenvalue weighted by Crippen LogP contribution is -2.57. The molecule has 3 fully saturated rings. The number of nitrogens with zero attached hydrogens (tertiary/aromatic N) is 1. The maximum Gasteiger partial charge on any atom is 0.261 e. The Morgan fingerprint density at radius 1 is 1.17 bits per heavy atom. The van der Waals surface area contributed by atoms with Crippen LogP contribution in [0, 0.1) is 28.6 Å². The Morgan fingerprint density at radius 3 is 2.71 bits per heavy atom. The van der Waals surface area contributed by atoms with Crippen molar-refractivity contribution in [3.8, 4) is 0 Å². The van der Waals surface area contributed by atoms with Crippen LogP contribution in [0.4, 0.5) is 0 Å². The molecule has 4 aliphatic carbocycles. The molecule has 7 nitrogen and oxygen atoms in total. The van der Waals surface area contributed by atoms with Gasteiger partial charge in [-0.15, -0.1) is 0 Å². The minimum absolute atomic E-state index is 0.0586. The largest absolute Gasteiger partial charge is 0.467 e. The van der Waals surface area contributed by atoms with Crippen LogP contribution in [0.5, 0.6) is 0 Å². The number of hydrogen-bond acceptors (Lipinski definition) is 6. The van der Waals surface area contributed by atoms with E-state index in [0.29, 0.717) is 36.5 Å². The third-order valence-corrected chi connectivity index (χ3v) is 10.1. The number of carbonyl (C=O) groups excluding carboxylic acids is 2. The molecule has 0 radical (unpaired) electrons. The van der Waals surface area contributed by atoms with Gasteiger partial charge in [-0.1, -0.05) is 24.6 Å². The minimum atomic E-state index is -1.16. The summed E-state index contributed by atoms with van der Waals surface area (Å²) >= 11 is 0. The quantitative estimate of drug-likeness (QED) is 0.579. The summed E-state index contributed by atoms with van der Waals surface area (Å²) in [6, 6.07) is 3.59. The molecular formula is C28H38N2O5. The van der Waals surface area contributed by atoms with Crippen molar-refractivity contribution in [1.82, 2.24) is 5.32 Å². The molecule has 1 amide bonds. The first-order valence-corrected chi connectivity index (χ1v) is 13.1. The van der Waals surface area contributed by atoms with Crippen LogP contribution in [0.15, 0.2) is 39.6 Å². The molecule has 6 atom stereocenters. The van der Waals surface area contributed by atoms with E-state index in [1.807, 2.05) is 6.07 Å². The van der Waals surface area contributed by atoms with Crippen molar-refractivity contribution in [1.29, 1.82) is 0 Å². The van der Waals surface area contributed by atoms with Crippen LogP contribution in [-0.4, -0.2) is 34.7 Å². The van der Waals surface area contributed by atoms with Gasteiger partial charge in [0.05, 0.1) is 18.5 Å². The summed E-state index contributed by atoms with van der Waals surface area (Å²) in [5.74, 6) is 1.94. The van der Waals surface area contributed by atoms with Gasteiger partial charge in [-0.3, -0.25) is 9.59 Å². The average Bonchev–Trinajstić information content (AvgIpc) is 3.44. The smallest absolute Gasteiger partial charge is 0.261 e. The van der Waals surface area contributed by atoms with E-state index in [4.69, 9.17) is 9.25 Å². The lowest BCUT2D eigenvalue weighted by molar-refractivity contribution is -0.159. The highest BCUT2D eigenvalue weighted by Gasteiger charge is 2.65. The molecule has 190 valence electrons. The maximum absolute atomic E-state index is 12.4. The van der Waals surface area contributed by atoms with Crippen LogP contribution in [-0.2, 0) is 21.0 Å². The number of hydrogen-bond donors (Lipinski definition) is 2. The molecule has 0 unspecified atom stereocenters. The number of amides is 1. The van der Waals surface area contributed by atoms with Crippen molar-refractivity contribution in [2.75, 3.05) is 6.61 Å². The van der Waals surface area contributed by atoms with Gasteiger partial charge in [0.2, 0.25) is 0 Å². The van der Waals surface area contributed by atoms with Crippen LogP contribution < -0.4 is 5.32 Å². The van der Waals surface area contributed by atoms with Crippen LogP contribution in [0.3, 0.4) is 0 Å². The Kier molecular flexibility index (Phi) is 6.19. The molecule has 0 aromatic carbocycles. The number of carbonyl (C=O) groups is 2. The van der Waals surface area contributed by atoms with Gasteiger partial charge in [0.15, 0.2) is 12.4 Å². The second kappa shape index (κ2) is 8.91. The number of oxime groups is 1. The summed E-state index contributed by atoms with van der Waals surface area (Å²) in [4.78, 5) is 29.8. The zero-order valence-electron chi connectivity index (χ0n) is 21.1. The fraction of sp³-hybridized carbons (Fsp3) is 0.679. The number of aliphatic hydroxyl groups is 1. The third-order valence-electron chi connectivity index (χ3n) is 10.1. The minimum Gasteiger partial charge on any atom is -0.467 e. The molecule has 4 aliphatic rings. The van der Waals surface area contributed by atoms with Gasteiger partial charge in [0.25, 0.3) is 5.91 Å². The molecule has 0 aliphatic heterocycles. The average molecular weight is 483 g/mol. The number of furan rings is 1. The van der Waals surface area contributed by atoms with Gasteiger partial charge >= 0.3 is 0 Å². The van der Waals surface area contributed by atoms with Crippen LogP contribution in [0.2, 0.25) is 0 Å². The monoisotopic (exact) mass is 482 g/mol. The van der Waals surface area contributed by atoms with Crippen molar-refractivity contribution in [2.24, 2.45) is 33.7 Å². The van der Waals surface area contributed by atoms with E-state index in [1.165, 1.54) is 5.57 Å². The van der Waals surface area contributed by atoms with E-state index in [1.54, 1.807) is 19.3 Å². The summed E-state index contributed by atoms with van der Waals surface area (Å²) in [5, 5.41) is 18.4. The number of rotatable bonds is 6. The molecule has 3 saturated carbocycles. The molecule has 1 aromatic rings. The summed E-state index contributed by atoms with van der Waals surface area (Å²) in [7, 11) is 0. The van der Waals surface area contributed by atoms with Gasteiger partial charge in [-0.25, -0.2) is 0 Å². The van der Waals surface area contributed by atoms with Gasteiger partial charge in [0.1, 0.15) is 11.4 Å². The Hall–Kier alpha value is -2.41. The number of allylic oxidation sites excluding steroid dienone is 2. The second-order valence-electron chi connectivity index (χ2n) is 11.6. The topological polar surface area (TPSA) is 101 Å². The van der Waals surface area contributed by atoms with Gasteiger partial charge < -0.3 is 19.7 Å². The molecule has 35 heavy (non-hydrogen) atoms. The summed E-state index contributed by atoms with van der Waals surface area (Å²) in [5.41, 5.74) is 1.01. The highest BCUT2D eigenvalue weighted by molar-refractivity contribution is 5.96. The maximum atomic E-state index is 12.4. The third kappa shape index (κ3) is 3.96. The Bertz CT molecular complexity index is 1050. The first-order valence-electron chi connectivity index (χ1n) is 13.1. The molecule has 2 N–H and O–H groups in total. The highest BCUT2D eigenvalue weighted by Crippen LogP contribution is 2.67. The molecule has 5 rings (SSSR count).